The van der Waals surface area contributed by atoms with Gasteiger partial charge < -0.3 is 24.8 Å². The molecule has 0 fully saturated rings. The Bertz CT molecular complexity index is 795. The van der Waals surface area contributed by atoms with Gasteiger partial charge in [-0.15, -0.1) is 29.7 Å². The Balaban J connectivity index is 0.000000402. The smallest absolute Gasteiger partial charge is 1.00 e. The van der Waals surface area contributed by atoms with Crippen molar-refractivity contribution in [2.24, 2.45) is 4.99 Å². The molecule has 1 aliphatic carbocycles. The first-order valence-corrected chi connectivity index (χ1v) is 9.72. The molecule has 1 nitrogen and oxygen atoms in total. The van der Waals surface area contributed by atoms with Gasteiger partial charge in [-0.05, 0) is 17.7 Å². The molecular formula is C19H18Cl2NSiZr. The Morgan fingerprint density at radius 3 is 2.42 bits per heavy atom. The molecule has 1 heterocycles. The van der Waals surface area contributed by atoms with E-state index in [-0.39, 0.29) is 59.4 Å². The van der Waals surface area contributed by atoms with Crippen molar-refractivity contribution in [1.82, 2.24) is 0 Å². The van der Waals surface area contributed by atoms with Crippen LogP contribution in [-0.4, -0.2) is 20.3 Å². The van der Waals surface area contributed by atoms with Crippen LogP contribution in [0.4, 0.5) is 0 Å². The van der Waals surface area contributed by atoms with E-state index in [0.29, 0.717) is 0 Å². The first-order valence-electron chi connectivity index (χ1n) is 7.15. The molecule has 2 aliphatic rings. The molecule has 2 aromatic rings. The Labute approximate surface area is 176 Å². The molecule has 0 N–H and O–H groups in total. The van der Waals surface area contributed by atoms with Gasteiger partial charge in [-0.1, -0.05) is 24.8 Å². The quantitative estimate of drug-likeness (QED) is 0.372. The van der Waals surface area contributed by atoms with Crippen LogP contribution in [0.1, 0.15) is 0 Å². The fourth-order valence-corrected chi connectivity index (χ4v) is 3.31. The van der Waals surface area contributed by atoms with Crippen molar-refractivity contribution in [3.63, 3.8) is 0 Å². The molecule has 24 heavy (non-hydrogen) atoms. The number of rotatable bonds is 1. The summed E-state index contributed by atoms with van der Waals surface area (Å²) in [5.74, 6) is 0. The average Bonchev–Trinajstić information content (AvgIpc) is 3.12. The standard InChI is InChI=1S/C10H11NSi.C9H7.2ClH.Zr/c1-12(2)7-8-3-9-5-11-6-10(9)4-8;1-2-5-9-7-3-6-8(9)4-1;;;/h3-7H,1-2H3;1-7H;2*1H;/q;-1;;;+3/p-2. The van der Waals surface area contributed by atoms with Crippen LogP contribution in [0.2, 0.25) is 13.1 Å². The number of nitrogens with zero attached hydrogens (tertiary/aromatic N) is 1. The first-order chi connectivity index (χ1) is 10.2. The number of allylic oxidation sites excluding steroid dienone is 5. The zero-order valence-electron chi connectivity index (χ0n) is 13.6. The van der Waals surface area contributed by atoms with E-state index in [4.69, 9.17) is 0 Å². The molecule has 0 amide bonds. The molecule has 0 spiro atoms. The van der Waals surface area contributed by atoms with Crippen molar-refractivity contribution in [3.8, 4) is 0 Å². The van der Waals surface area contributed by atoms with Gasteiger partial charge in [-0.25, -0.2) is 0 Å². The zero-order chi connectivity index (χ0) is 14.7. The molecule has 0 saturated carbocycles. The number of hydrogen-bond donors (Lipinski definition) is 0. The maximum Gasteiger partial charge on any atom is 3.00 e. The molecule has 1 aliphatic heterocycles. The normalized spacial score (nSPS) is 13.0. The summed E-state index contributed by atoms with van der Waals surface area (Å²) in [5, 5.41) is 2.66. The summed E-state index contributed by atoms with van der Waals surface area (Å²) >= 11 is 0. The summed E-state index contributed by atoms with van der Waals surface area (Å²) < 4.78 is 0. The molecule has 0 aromatic heterocycles. The maximum atomic E-state index is 4.08. The monoisotopic (exact) mass is 448 g/mol. The average molecular weight is 451 g/mol. The molecule has 5 heteroatoms. The van der Waals surface area contributed by atoms with Gasteiger partial charge >= 0.3 is 26.2 Å². The van der Waals surface area contributed by atoms with E-state index in [0.717, 1.165) is 0 Å². The molecule has 1 radical (unpaired) electrons. The maximum absolute atomic E-state index is 4.08. The van der Waals surface area contributed by atoms with E-state index < -0.39 is 0 Å². The number of halogens is 2. The van der Waals surface area contributed by atoms with Crippen molar-refractivity contribution in [2.45, 2.75) is 13.1 Å². The SMILES string of the molecule is C[Si](C)=CC1=CC2=CN=CC2=C1.[Cl-].[Cl-].[Zr+3].c1ccc2[cH-]ccc2c1. The van der Waals surface area contributed by atoms with Gasteiger partial charge in [-0.3, -0.25) is 4.99 Å². The van der Waals surface area contributed by atoms with Crippen LogP contribution in [0.5, 0.6) is 0 Å². The second-order valence-corrected chi connectivity index (χ2v) is 7.93. The molecule has 4 rings (SSSR count). The van der Waals surface area contributed by atoms with Crippen molar-refractivity contribution in [1.29, 1.82) is 0 Å². The predicted octanol–water partition coefficient (Wildman–Crippen LogP) is -1.48. The van der Waals surface area contributed by atoms with Crippen LogP contribution < -0.4 is 24.8 Å². The topological polar surface area (TPSA) is 12.4 Å². The summed E-state index contributed by atoms with van der Waals surface area (Å²) in [4.78, 5) is 4.08. The predicted molar refractivity (Wildman–Crippen MR) is 95.8 cm³/mol. The third-order valence-electron chi connectivity index (χ3n) is 3.41. The van der Waals surface area contributed by atoms with Gasteiger partial charge in [-0.2, -0.15) is 17.5 Å². The Kier molecular flexibility index (Phi) is 10.7. The van der Waals surface area contributed by atoms with Gasteiger partial charge in [0.25, 0.3) is 0 Å². The number of aliphatic imine (C=N–C) groups is 1. The summed E-state index contributed by atoms with van der Waals surface area (Å²) in [6, 6.07) is 14.7. The molecule has 0 bridgehead atoms. The van der Waals surface area contributed by atoms with E-state index in [1.165, 1.54) is 27.5 Å². The van der Waals surface area contributed by atoms with Crippen molar-refractivity contribution >= 4 is 31.1 Å². The van der Waals surface area contributed by atoms with E-state index in [1.807, 2.05) is 12.4 Å². The second-order valence-electron chi connectivity index (χ2n) is 5.48. The van der Waals surface area contributed by atoms with E-state index in [1.54, 1.807) is 0 Å². The Morgan fingerprint density at radius 1 is 1.00 bits per heavy atom. The van der Waals surface area contributed by atoms with E-state index in [9.17, 15) is 0 Å². The zero-order valence-corrected chi connectivity index (χ0v) is 18.6. The van der Waals surface area contributed by atoms with Crippen LogP contribution in [-0.2, 0) is 26.2 Å². The van der Waals surface area contributed by atoms with Crippen LogP contribution in [0, 0.1) is 0 Å². The summed E-state index contributed by atoms with van der Waals surface area (Å²) in [6.45, 7) is 4.58. The third kappa shape index (κ3) is 5.97. The Hall–Kier alpha value is -0.730. The van der Waals surface area contributed by atoms with Crippen molar-refractivity contribution in [3.05, 3.63) is 77.5 Å². The summed E-state index contributed by atoms with van der Waals surface area (Å²) in [6.07, 6.45) is 8.26. The number of fused-ring (bicyclic) bond motifs is 2. The minimum absolute atomic E-state index is 0. The van der Waals surface area contributed by atoms with Gasteiger partial charge in [0.2, 0.25) is 0 Å². The van der Waals surface area contributed by atoms with E-state index in [2.05, 4.69) is 78.4 Å². The molecule has 2 aromatic carbocycles. The van der Waals surface area contributed by atoms with E-state index >= 15 is 0 Å². The van der Waals surface area contributed by atoms with Crippen LogP contribution in [0.25, 0.3) is 10.8 Å². The van der Waals surface area contributed by atoms with Crippen LogP contribution >= 0.6 is 0 Å². The molecule has 0 unspecified atom stereocenters. The fourth-order valence-electron chi connectivity index (χ4n) is 2.48. The van der Waals surface area contributed by atoms with Crippen LogP contribution in [0.3, 0.4) is 0 Å². The minimum atomic E-state index is -0.257. The van der Waals surface area contributed by atoms with Gasteiger partial charge in [0.05, 0.1) is 0 Å². The summed E-state index contributed by atoms with van der Waals surface area (Å²) in [5.41, 5.74) is 6.26. The van der Waals surface area contributed by atoms with Crippen LogP contribution in [0.15, 0.2) is 82.5 Å². The second kappa shape index (κ2) is 11.0. The summed E-state index contributed by atoms with van der Waals surface area (Å²) in [7, 11) is -0.257. The first kappa shape index (κ1) is 23.3. The Morgan fingerprint density at radius 2 is 1.75 bits per heavy atom. The third-order valence-corrected chi connectivity index (χ3v) is 4.32. The van der Waals surface area contributed by atoms with Gasteiger partial charge in [0.15, 0.2) is 0 Å². The fraction of sp³-hybridized carbons (Fsp3) is 0.105. The molecule has 121 valence electrons. The minimum Gasteiger partial charge on any atom is -1.00 e. The number of benzene rings is 1. The number of hydrogen-bond acceptors (Lipinski definition) is 1. The molecule has 0 saturated heterocycles. The van der Waals surface area contributed by atoms with Gasteiger partial charge in [0.1, 0.15) is 0 Å². The van der Waals surface area contributed by atoms with Gasteiger partial charge in [0, 0.05) is 32.0 Å². The molecular weight excluding hydrogens is 432 g/mol. The van der Waals surface area contributed by atoms with Crippen molar-refractivity contribution < 1.29 is 51.0 Å². The van der Waals surface area contributed by atoms with Crippen molar-refractivity contribution in [2.75, 3.05) is 0 Å². The largest absolute Gasteiger partial charge is 3.00 e. The molecule has 0 atom stereocenters.